The molecule has 3 nitrogen and oxygen atoms in total. The first-order chi connectivity index (χ1) is 7.18. The fraction of sp³-hybridized carbons (Fsp3) is 0.750. The van der Waals surface area contributed by atoms with Crippen LogP contribution in [0.5, 0.6) is 0 Å². The van der Waals surface area contributed by atoms with Crippen molar-refractivity contribution in [1.29, 1.82) is 0 Å². The molecular formula is C12H21N3. The van der Waals surface area contributed by atoms with Crippen LogP contribution in [0.2, 0.25) is 0 Å². The zero-order valence-corrected chi connectivity index (χ0v) is 9.61. The molecule has 0 bridgehead atoms. The van der Waals surface area contributed by atoms with Crippen molar-refractivity contribution in [3.63, 3.8) is 0 Å². The lowest BCUT2D eigenvalue weighted by molar-refractivity contribution is 0.183. The van der Waals surface area contributed by atoms with E-state index >= 15 is 0 Å². The number of nitrogens with one attached hydrogen (secondary N) is 1. The number of H-pyrrole nitrogens is 1. The SMILES string of the molecule is CC1CCC(C(N)c2ncc[nH]2)CC1C. The predicted molar refractivity (Wildman–Crippen MR) is 61.2 cm³/mol. The van der Waals surface area contributed by atoms with E-state index < -0.39 is 0 Å². The van der Waals surface area contributed by atoms with Gasteiger partial charge in [-0.1, -0.05) is 20.3 Å². The second-order valence-electron chi connectivity index (χ2n) is 5.03. The highest BCUT2D eigenvalue weighted by Gasteiger charge is 2.29. The Morgan fingerprint density at radius 3 is 2.80 bits per heavy atom. The Morgan fingerprint density at radius 1 is 1.40 bits per heavy atom. The summed E-state index contributed by atoms with van der Waals surface area (Å²) in [5.41, 5.74) is 6.23. The van der Waals surface area contributed by atoms with Crippen molar-refractivity contribution >= 4 is 0 Å². The summed E-state index contributed by atoms with van der Waals surface area (Å²) < 4.78 is 0. The van der Waals surface area contributed by atoms with Gasteiger partial charge in [-0.3, -0.25) is 0 Å². The number of aromatic amines is 1. The summed E-state index contributed by atoms with van der Waals surface area (Å²) >= 11 is 0. The molecule has 1 aromatic rings. The van der Waals surface area contributed by atoms with Crippen LogP contribution in [-0.4, -0.2) is 9.97 Å². The molecule has 84 valence electrons. The third-order valence-corrected chi connectivity index (χ3v) is 3.98. The third kappa shape index (κ3) is 2.23. The van der Waals surface area contributed by atoms with Gasteiger partial charge in [-0.2, -0.15) is 0 Å². The molecule has 0 radical (unpaired) electrons. The van der Waals surface area contributed by atoms with Gasteiger partial charge in [-0.25, -0.2) is 4.98 Å². The first-order valence-electron chi connectivity index (χ1n) is 5.93. The summed E-state index contributed by atoms with van der Waals surface area (Å²) in [6.45, 7) is 4.69. The fourth-order valence-corrected chi connectivity index (χ4v) is 2.60. The van der Waals surface area contributed by atoms with Crippen molar-refractivity contribution < 1.29 is 0 Å². The minimum Gasteiger partial charge on any atom is -0.347 e. The van der Waals surface area contributed by atoms with Crippen molar-refractivity contribution in [1.82, 2.24) is 9.97 Å². The molecule has 1 fully saturated rings. The molecule has 0 spiro atoms. The van der Waals surface area contributed by atoms with Gasteiger partial charge in [-0.05, 0) is 30.6 Å². The summed E-state index contributed by atoms with van der Waals surface area (Å²) in [5, 5.41) is 0. The van der Waals surface area contributed by atoms with Crippen LogP contribution in [-0.2, 0) is 0 Å². The Balaban J connectivity index is 2.00. The van der Waals surface area contributed by atoms with Crippen molar-refractivity contribution in [2.75, 3.05) is 0 Å². The molecule has 3 N–H and O–H groups in total. The van der Waals surface area contributed by atoms with Gasteiger partial charge < -0.3 is 10.7 Å². The van der Waals surface area contributed by atoms with Gasteiger partial charge in [0.1, 0.15) is 5.82 Å². The molecular weight excluding hydrogens is 186 g/mol. The average molecular weight is 207 g/mol. The van der Waals surface area contributed by atoms with Gasteiger partial charge in [0, 0.05) is 12.4 Å². The van der Waals surface area contributed by atoms with Crippen molar-refractivity contribution in [3.8, 4) is 0 Å². The molecule has 4 unspecified atom stereocenters. The molecule has 1 aromatic heterocycles. The Labute approximate surface area is 91.5 Å². The zero-order chi connectivity index (χ0) is 10.8. The molecule has 0 amide bonds. The number of rotatable bonds is 2. The Bertz CT molecular complexity index is 294. The van der Waals surface area contributed by atoms with Gasteiger partial charge in [0.2, 0.25) is 0 Å². The van der Waals surface area contributed by atoms with E-state index in [2.05, 4.69) is 23.8 Å². The van der Waals surface area contributed by atoms with Crippen LogP contribution in [0.4, 0.5) is 0 Å². The molecule has 1 aliphatic carbocycles. The summed E-state index contributed by atoms with van der Waals surface area (Å²) in [6, 6.07) is 0.0925. The van der Waals surface area contributed by atoms with E-state index in [9.17, 15) is 0 Å². The first-order valence-corrected chi connectivity index (χ1v) is 5.93. The molecule has 3 heteroatoms. The quantitative estimate of drug-likeness (QED) is 0.782. The number of aromatic nitrogens is 2. The minimum atomic E-state index is 0.0925. The highest BCUT2D eigenvalue weighted by atomic mass is 14.9. The van der Waals surface area contributed by atoms with E-state index in [1.165, 1.54) is 19.3 Å². The van der Waals surface area contributed by atoms with E-state index in [0.717, 1.165) is 17.7 Å². The summed E-state index contributed by atoms with van der Waals surface area (Å²) in [6.07, 6.45) is 7.42. The van der Waals surface area contributed by atoms with E-state index in [1.807, 2.05) is 6.20 Å². The number of nitrogens with zero attached hydrogens (tertiary/aromatic N) is 1. The molecule has 2 rings (SSSR count). The molecule has 1 saturated carbocycles. The van der Waals surface area contributed by atoms with Gasteiger partial charge in [0.25, 0.3) is 0 Å². The molecule has 0 aromatic carbocycles. The summed E-state index contributed by atoms with van der Waals surface area (Å²) in [5.74, 6) is 3.19. The van der Waals surface area contributed by atoms with Gasteiger partial charge >= 0.3 is 0 Å². The molecule has 1 heterocycles. The summed E-state index contributed by atoms with van der Waals surface area (Å²) in [4.78, 5) is 7.38. The van der Waals surface area contributed by atoms with Crippen LogP contribution >= 0.6 is 0 Å². The zero-order valence-electron chi connectivity index (χ0n) is 9.61. The molecule has 0 aliphatic heterocycles. The lowest BCUT2D eigenvalue weighted by Gasteiger charge is -2.34. The normalized spacial score (nSPS) is 33.9. The second kappa shape index (κ2) is 4.35. The monoisotopic (exact) mass is 207 g/mol. The van der Waals surface area contributed by atoms with Crippen molar-refractivity contribution in [3.05, 3.63) is 18.2 Å². The standard InChI is InChI=1S/C12H21N3/c1-8-3-4-10(7-9(8)2)11(13)12-14-5-6-15-12/h5-6,8-11H,3-4,7,13H2,1-2H3,(H,14,15). The minimum absolute atomic E-state index is 0.0925. The number of hydrogen-bond donors (Lipinski definition) is 2. The van der Waals surface area contributed by atoms with Crippen LogP contribution in [0.15, 0.2) is 12.4 Å². The smallest absolute Gasteiger partial charge is 0.123 e. The van der Waals surface area contributed by atoms with Crippen LogP contribution in [0.3, 0.4) is 0 Å². The maximum Gasteiger partial charge on any atom is 0.123 e. The first kappa shape index (κ1) is 10.7. The fourth-order valence-electron chi connectivity index (χ4n) is 2.60. The lowest BCUT2D eigenvalue weighted by Crippen LogP contribution is -2.30. The lowest BCUT2D eigenvalue weighted by atomic mass is 9.73. The van der Waals surface area contributed by atoms with Gasteiger partial charge in [0.15, 0.2) is 0 Å². The summed E-state index contributed by atoms with van der Waals surface area (Å²) in [7, 11) is 0. The van der Waals surface area contributed by atoms with E-state index in [0.29, 0.717) is 5.92 Å². The van der Waals surface area contributed by atoms with E-state index in [-0.39, 0.29) is 6.04 Å². The van der Waals surface area contributed by atoms with Gasteiger partial charge in [0.05, 0.1) is 6.04 Å². The van der Waals surface area contributed by atoms with E-state index in [1.54, 1.807) is 6.20 Å². The largest absolute Gasteiger partial charge is 0.347 e. The van der Waals surface area contributed by atoms with Crippen LogP contribution in [0, 0.1) is 17.8 Å². The van der Waals surface area contributed by atoms with Crippen LogP contribution < -0.4 is 5.73 Å². The molecule has 1 aliphatic rings. The van der Waals surface area contributed by atoms with Gasteiger partial charge in [-0.15, -0.1) is 0 Å². The Kier molecular flexibility index (Phi) is 3.10. The molecule has 0 saturated heterocycles. The Hall–Kier alpha value is -0.830. The maximum atomic E-state index is 6.23. The van der Waals surface area contributed by atoms with Crippen molar-refractivity contribution in [2.45, 2.75) is 39.2 Å². The highest BCUT2D eigenvalue weighted by Crippen LogP contribution is 2.37. The average Bonchev–Trinajstić information content (AvgIpc) is 2.74. The van der Waals surface area contributed by atoms with Crippen LogP contribution in [0.25, 0.3) is 0 Å². The Morgan fingerprint density at radius 2 is 2.20 bits per heavy atom. The topological polar surface area (TPSA) is 54.7 Å². The number of hydrogen-bond acceptors (Lipinski definition) is 2. The third-order valence-electron chi connectivity index (χ3n) is 3.98. The molecule has 15 heavy (non-hydrogen) atoms. The van der Waals surface area contributed by atoms with Crippen molar-refractivity contribution in [2.24, 2.45) is 23.5 Å². The predicted octanol–water partition coefficient (Wildman–Crippen LogP) is 2.48. The maximum absolute atomic E-state index is 6.23. The van der Waals surface area contributed by atoms with Crippen LogP contribution in [0.1, 0.15) is 45.0 Å². The molecule has 4 atom stereocenters. The highest BCUT2D eigenvalue weighted by molar-refractivity contribution is 4.98. The van der Waals surface area contributed by atoms with E-state index in [4.69, 9.17) is 5.73 Å². The number of nitrogens with two attached hydrogens (primary N) is 1. The number of imidazole rings is 1. The second-order valence-corrected chi connectivity index (χ2v) is 5.03.